The average molecular weight is 396 g/mol. The molecule has 0 unspecified atom stereocenters. The molecule has 0 heterocycles. The number of anilines is 1. The lowest BCUT2D eigenvalue weighted by molar-refractivity contribution is 0.0938. The molecule has 0 fully saturated rings. The first-order valence-electron chi connectivity index (χ1n) is 8.50. The third-order valence-corrected chi connectivity index (χ3v) is 3.97. The number of benzene rings is 3. The number of hydrogen-bond donors (Lipinski definition) is 3. The van der Waals surface area contributed by atoms with E-state index in [1.54, 1.807) is 48.5 Å². The number of carbonyl (C=O) groups is 2. The Labute approximate surface area is 167 Å². The van der Waals surface area contributed by atoms with Gasteiger partial charge in [0.2, 0.25) is 0 Å². The first-order chi connectivity index (χ1) is 13.6. The summed E-state index contributed by atoms with van der Waals surface area (Å²) >= 11 is 5.85. The van der Waals surface area contributed by atoms with E-state index in [4.69, 9.17) is 16.3 Å². The zero-order chi connectivity index (χ0) is 19.8. The minimum Gasteiger partial charge on any atom is -0.489 e. The van der Waals surface area contributed by atoms with Gasteiger partial charge in [-0.1, -0.05) is 48.0 Å². The van der Waals surface area contributed by atoms with Crippen LogP contribution < -0.4 is 20.9 Å². The first-order valence-corrected chi connectivity index (χ1v) is 8.87. The maximum Gasteiger partial charge on any atom is 0.337 e. The van der Waals surface area contributed by atoms with Crippen LogP contribution >= 0.6 is 11.6 Å². The molecule has 0 radical (unpaired) electrons. The van der Waals surface area contributed by atoms with Crippen LogP contribution in [-0.2, 0) is 6.61 Å². The minimum atomic E-state index is -0.585. The monoisotopic (exact) mass is 395 g/mol. The minimum absolute atomic E-state index is 0.384. The number of hydrazine groups is 1. The number of ether oxygens (including phenoxy) is 1. The number of amides is 3. The Kier molecular flexibility index (Phi) is 6.49. The molecule has 0 spiro atoms. The predicted molar refractivity (Wildman–Crippen MR) is 108 cm³/mol. The lowest BCUT2D eigenvalue weighted by Crippen LogP contribution is -2.43. The second-order valence-corrected chi connectivity index (χ2v) is 6.28. The van der Waals surface area contributed by atoms with E-state index >= 15 is 0 Å². The maximum absolute atomic E-state index is 12.1. The van der Waals surface area contributed by atoms with Crippen LogP contribution in [0.5, 0.6) is 5.75 Å². The van der Waals surface area contributed by atoms with Gasteiger partial charge in [-0.15, -0.1) is 0 Å². The Bertz CT molecular complexity index is 947. The fraction of sp³-hybridized carbons (Fsp3) is 0.0476. The van der Waals surface area contributed by atoms with Crippen LogP contribution in [0, 0.1) is 0 Å². The van der Waals surface area contributed by atoms with Crippen molar-refractivity contribution < 1.29 is 14.3 Å². The normalized spacial score (nSPS) is 10.0. The number of nitrogens with one attached hydrogen (secondary N) is 3. The largest absolute Gasteiger partial charge is 0.489 e. The molecule has 0 aliphatic heterocycles. The number of hydrogen-bond acceptors (Lipinski definition) is 3. The molecule has 7 heteroatoms. The summed E-state index contributed by atoms with van der Waals surface area (Å²) in [5.74, 6) is 0.197. The van der Waals surface area contributed by atoms with Gasteiger partial charge < -0.3 is 10.1 Å². The van der Waals surface area contributed by atoms with Gasteiger partial charge >= 0.3 is 6.03 Å². The molecule has 0 saturated heterocycles. The van der Waals surface area contributed by atoms with Crippen molar-refractivity contribution in [1.29, 1.82) is 0 Å². The molecule has 142 valence electrons. The zero-order valence-electron chi connectivity index (χ0n) is 14.8. The van der Waals surface area contributed by atoms with E-state index in [0.29, 0.717) is 28.6 Å². The summed E-state index contributed by atoms with van der Waals surface area (Å²) in [6.45, 7) is 0.442. The van der Waals surface area contributed by atoms with Crippen LogP contribution in [0.15, 0.2) is 78.9 Å². The molecule has 0 bridgehead atoms. The molecule has 3 amide bonds. The fourth-order valence-electron chi connectivity index (χ4n) is 2.36. The predicted octanol–water partition coefficient (Wildman–Crippen LogP) is 4.39. The summed E-state index contributed by atoms with van der Waals surface area (Å²) in [5, 5.41) is 3.06. The smallest absolute Gasteiger partial charge is 0.337 e. The van der Waals surface area contributed by atoms with Gasteiger partial charge in [-0.3, -0.25) is 10.2 Å². The first kappa shape index (κ1) is 19.3. The molecule has 3 aromatic carbocycles. The Morgan fingerprint density at radius 1 is 0.857 bits per heavy atom. The highest BCUT2D eigenvalue weighted by molar-refractivity contribution is 6.30. The van der Waals surface area contributed by atoms with Crippen molar-refractivity contribution in [3.05, 3.63) is 95.0 Å². The highest BCUT2D eigenvalue weighted by Gasteiger charge is 2.08. The van der Waals surface area contributed by atoms with E-state index in [2.05, 4.69) is 16.2 Å². The molecule has 3 rings (SSSR count). The second kappa shape index (κ2) is 9.43. The summed E-state index contributed by atoms with van der Waals surface area (Å²) in [7, 11) is 0. The second-order valence-electron chi connectivity index (χ2n) is 5.84. The van der Waals surface area contributed by atoms with Crippen molar-refractivity contribution >= 4 is 29.2 Å². The van der Waals surface area contributed by atoms with Crippen molar-refractivity contribution in [2.75, 3.05) is 5.32 Å². The molecule has 0 aliphatic carbocycles. The summed E-state index contributed by atoms with van der Waals surface area (Å²) in [6.07, 6.45) is 0. The van der Waals surface area contributed by atoms with Crippen LogP contribution in [0.3, 0.4) is 0 Å². The van der Waals surface area contributed by atoms with Crippen LogP contribution in [-0.4, -0.2) is 11.9 Å². The molecule has 0 aliphatic rings. The number of halogens is 1. The van der Waals surface area contributed by atoms with E-state index in [9.17, 15) is 9.59 Å². The van der Waals surface area contributed by atoms with Crippen molar-refractivity contribution in [3.63, 3.8) is 0 Å². The van der Waals surface area contributed by atoms with Gasteiger partial charge in [0.15, 0.2) is 0 Å². The van der Waals surface area contributed by atoms with Gasteiger partial charge in [0.1, 0.15) is 12.4 Å². The summed E-state index contributed by atoms with van der Waals surface area (Å²) in [4.78, 5) is 24.0. The number of rotatable bonds is 5. The maximum atomic E-state index is 12.1. The van der Waals surface area contributed by atoms with Gasteiger partial charge in [-0.05, 0) is 48.0 Å². The summed E-state index contributed by atoms with van der Waals surface area (Å²) < 4.78 is 5.68. The molecule has 3 aromatic rings. The summed E-state index contributed by atoms with van der Waals surface area (Å²) in [6, 6.07) is 22.5. The van der Waals surface area contributed by atoms with Gasteiger partial charge in [0, 0.05) is 16.3 Å². The third-order valence-electron chi connectivity index (χ3n) is 3.74. The lowest BCUT2D eigenvalue weighted by Gasteiger charge is -2.10. The molecule has 3 N–H and O–H groups in total. The Morgan fingerprint density at radius 2 is 1.61 bits per heavy atom. The van der Waals surface area contributed by atoms with E-state index in [-0.39, 0.29) is 0 Å². The van der Waals surface area contributed by atoms with Gasteiger partial charge in [0.25, 0.3) is 5.91 Å². The average Bonchev–Trinajstić information content (AvgIpc) is 2.72. The number of urea groups is 1. The van der Waals surface area contributed by atoms with E-state index in [0.717, 1.165) is 5.56 Å². The Balaban J connectivity index is 1.47. The third kappa shape index (κ3) is 5.75. The van der Waals surface area contributed by atoms with E-state index in [1.165, 1.54) is 0 Å². The quantitative estimate of drug-likeness (QED) is 0.561. The molecule has 0 aromatic heterocycles. The van der Waals surface area contributed by atoms with Gasteiger partial charge in [-0.25, -0.2) is 10.2 Å². The fourth-order valence-corrected chi connectivity index (χ4v) is 2.55. The number of carbonyl (C=O) groups excluding carboxylic acids is 2. The van der Waals surface area contributed by atoms with Crippen molar-refractivity contribution in [2.45, 2.75) is 6.61 Å². The molecule has 6 nitrogen and oxygen atoms in total. The molecule has 0 atom stereocenters. The zero-order valence-corrected chi connectivity index (χ0v) is 15.6. The SMILES string of the molecule is O=C(NNC(=O)c1ccc(OCc2ccccc2)cc1)Nc1cccc(Cl)c1. The van der Waals surface area contributed by atoms with E-state index in [1.807, 2.05) is 30.3 Å². The van der Waals surface area contributed by atoms with Crippen LogP contribution in [0.25, 0.3) is 0 Å². The molecular formula is C21H18ClN3O3. The summed E-state index contributed by atoms with van der Waals surface area (Å²) in [5.41, 5.74) is 6.57. The van der Waals surface area contributed by atoms with Gasteiger partial charge in [0.05, 0.1) is 0 Å². The molecule has 0 saturated carbocycles. The lowest BCUT2D eigenvalue weighted by atomic mass is 10.2. The molecular weight excluding hydrogens is 378 g/mol. The molecule has 28 heavy (non-hydrogen) atoms. The van der Waals surface area contributed by atoms with Crippen molar-refractivity contribution in [1.82, 2.24) is 10.9 Å². The highest BCUT2D eigenvalue weighted by atomic mass is 35.5. The standard InChI is InChI=1S/C21H18ClN3O3/c22-17-7-4-8-18(13-17)23-21(27)25-24-20(26)16-9-11-19(12-10-16)28-14-15-5-2-1-3-6-15/h1-13H,14H2,(H,24,26)(H2,23,25,27). The van der Waals surface area contributed by atoms with Crippen LogP contribution in [0.1, 0.15) is 15.9 Å². The highest BCUT2D eigenvalue weighted by Crippen LogP contribution is 2.15. The Morgan fingerprint density at radius 3 is 2.32 bits per heavy atom. The topological polar surface area (TPSA) is 79.5 Å². The van der Waals surface area contributed by atoms with Crippen LogP contribution in [0.4, 0.5) is 10.5 Å². The van der Waals surface area contributed by atoms with Crippen LogP contribution in [0.2, 0.25) is 5.02 Å². The van der Waals surface area contributed by atoms with Crippen molar-refractivity contribution in [3.8, 4) is 5.75 Å². The van der Waals surface area contributed by atoms with Crippen molar-refractivity contribution in [2.24, 2.45) is 0 Å². The van der Waals surface area contributed by atoms with Gasteiger partial charge in [-0.2, -0.15) is 0 Å². The Hall–Kier alpha value is -3.51. The van der Waals surface area contributed by atoms with E-state index < -0.39 is 11.9 Å².